The number of allylic oxidation sites excluding steroid dienone is 4. The Labute approximate surface area is 204 Å². The van der Waals surface area contributed by atoms with E-state index in [-0.39, 0.29) is 31.3 Å². The molecule has 0 heterocycles. The molecule has 194 valence electrons. The first-order valence-corrected chi connectivity index (χ1v) is 12.7. The van der Waals surface area contributed by atoms with Crippen molar-refractivity contribution in [1.29, 1.82) is 0 Å². The van der Waals surface area contributed by atoms with Crippen LogP contribution in [-0.2, 0) is 19.1 Å². The van der Waals surface area contributed by atoms with E-state index in [2.05, 4.69) is 0 Å². The predicted molar refractivity (Wildman–Crippen MR) is 124 cm³/mol. The average molecular weight is 495 g/mol. The minimum Gasteiger partial charge on any atom is -0.450 e. The van der Waals surface area contributed by atoms with Crippen LogP contribution in [0.2, 0.25) is 0 Å². The fourth-order valence-electron chi connectivity index (χ4n) is 8.06. The van der Waals surface area contributed by atoms with Crippen LogP contribution in [0.4, 0.5) is 8.78 Å². The molecule has 0 saturated heterocycles. The lowest BCUT2D eigenvalue weighted by Crippen LogP contribution is -2.71. The van der Waals surface area contributed by atoms with Gasteiger partial charge in [0.05, 0.1) is 6.10 Å². The number of aliphatic hydroxyl groups excluding tert-OH is 2. The second-order valence-corrected chi connectivity index (χ2v) is 11.4. The maximum atomic E-state index is 17.3. The molecule has 0 aromatic heterocycles. The Balaban J connectivity index is 1.83. The van der Waals surface area contributed by atoms with Crippen molar-refractivity contribution in [3.8, 4) is 0 Å². The van der Waals surface area contributed by atoms with E-state index >= 15 is 8.78 Å². The number of alkyl halides is 2. The summed E-state index contributed by atoms with van der Waals surface area (Å²) in [6, 6.07) is 0. The third kappa shape index (κ3) is 3.28. The van der Waals surface area contributed by atoms with E-state index in [1.807, 2.05) is 6.92 Å². The minimum absolute atomic E-state index is 0.0288. The zero-order chi connectivity index (χ0) is 26.0. The summed E-state index contributed by atoms with van der Waals surface area (Å²) in [5, 5.41) is 21.3. The number of hydrogen-bond donors (Lipinski definition) is 2. The summed E-state index contributed by atoms with van der Waals surface area (Å²) in [7, 11) is 0. The molecule has 9 unspecified atom stereocenters. The molecule has 0 radical (unpaired) electrons. The van der Waals surface area contributed by atoms with Crippen molar-refractivity contribution in [3.63, 3.8) is 0 Å². The third-order valence-corrected chi connectivity index (χ3v) is 9.74. The standard InChI is InChI=1S/C27H36F2O6/c1-5-6-7-23(34)35-27(22(33)14-30)15(2)10-17-18-12-20(28)19-11-16(31)8-9-24(19,3)26(18,29)21(32)13-25(17,27)4/h8-9,11,15,17-18,20-21,30,32H,5-7,10,12-14H2,1-4H3. The fourth-order valence-corrected chi connectivity index (χ4v) is 8.06. The van der Waals surface area contributed by atoms with Gasteiger partial charge in [0.1, 0.15) is 12.8 Å². The highest BCUT2D eigenvalue weighted by molar-refractivity contribution is 6.01. The molecule has 0 bridgehead atoms. The lowest BCUT2D eigenvalue weighted by Gasteiger charge is -2.63. The maximum absolute atomic E-state index is 17.3. The van der Waals surface area contributed by atoms with Gasteiger partial charge in [-0.1, -0.05) is 33.3 Å². The fraction of sp³-hybridized carbons (Fsp3) is 0.741. The van der Waals surface area contributed by atoms with Crippen LogP contribution in [0.3, 0.4) is 0 Å². The number of rotatable bonds is 6. The molecular weight excluding hydrogens is 458 g/mol. The summed E-state index contributed by atoms with van der Waals surface area (Å²) in [5.41, 5.74) is -6.74. The highest BCUT2D eigenvalue weighted by Gasteiger charge is 2.78. The Morgan fingerprint density at radius 2 is 1.91 bits per heavy atom. The zero-order valence-electron chi connectivity index (χ0n) is 20.9. The summed E-state index contributed by atoms with van der Waals surface area (Å²) in [5.74, 6) is -3.82. The lowest BCUT2D eigenvalue weighted by atomic mass is 9.44. The molecule has 4 aliphatic rings. The van der Waals surface area contributed by atoms with Crippen molar-refractivity contribution >= 4 is 17.5 Å². The van der Waals surface area contributed by atoms with E-state index in [0.29, 0.717) is 6.42 Å². The summed E-state index contributed by atoms with van der Waals surface area (Å²) < 4.78 is 38.8. The smallest absolute Gasteiger partial charge is 0.306 e. The van der Waals surface area contributed by atoms with E-state index in [1.54, 1.807) is 13.8 Å². The van der Waals surface area contributed by atoms with Gasteiger partial charge in [0.15, 0.2) is 17.1 Å². The molecule has 6 nitrogen and oxygen atoms in total. The SMILES string of the molecule is CCCCC(=O)OC1(C(=O)CO)C(C)CC2C3CC(F)C4=CC(=O)C=CC4(C)C3(F)C(O)CC21C. The van der Waals surface area contributed by atoms with Crippen LogP contribution in [0.15, 0.2) is 23.8 Å². The van der Waals surface area contributed by atoms with Crippen molar-refractivity contribution in [2.24, 2.45) is 28.6 Å². The second-order valence-electron chi connectivity index (χ2n) is 11.4. The summed E-state index contributed by atoms with van der Waals surface area (Å²) >= 11 is 0. The molecule has 35 heavy (non-hydrogen) atoms. The molecule has 0 aliphatic heterocycles. The Morgan fingerprint density at radius 3 is 2.54 bits per heavy atom. The number of aliphatic hydroxyl groups is 2. The molecule has 4 rings (SSSR count). The summed E-state index contributed by atoms with van der Waals surface area (Å²) in [6.07, 6.45) is 1.74. The Morgan fingerprint density at radius 1 is 1.23 bits per heavy atom. The van der Waals surface area contributed by atoms with Crippen LogP contribution in [0.1, 0.15) is 66.2 Å². The van der Waals surface area contributed by atoms with Crippen LogP contribution in [0.25, 0.3) is 0 Å². The number of esters is 1. The first-order chi connectivity index (χ1) is 16.3. The molecule has 0 aromatic carbocycles. The molecule has 3 saturated carbocycles. The van der Waals surface area contributed by atoms with Gasteiger partial charge in [-0.2, -0.15) is 0 Å². The van der Waals surface area contributed by atoms with Crippen LogP contribution >= 0.6 is 0 Å². The number of halogens is 2. The highest BCUT2D eigenvalue weighted by atomic mass is 19.1. The number of unbranched alkanes of at least 4 members (excludes halogenated alkanes) is 1. The average Bonchev–Trinajstić information content (AvgIpc) is 3.02. The highest BCUT2D eigenvalue weighted by Crippen LogP contribution is 2.71. The molecule has 0 amide bonds. The molecule has 0 aromatic rings. The predicted octanol–water partition coefficient (Wildman–Crippen LogP) is 3.58. The van der Waals surface area contributed by atoms with Crippen molar-refractivity contribution in [3.05, 3.63) is 23.8 Å². The zero-order valence-corrected chi connectivity index (χ0v) is 20.9. The quantitative estimate of drug-likeness (QED) is 0.548. The van der Waals surface area contributed by atoms with Gasteiger partial charge >= 0.3 is 5.97 Å². The molecule has 0 spiro atoms. The first-order valence-electron chi connectivity index (χ1n) is 12.7. The number of ether oxygens (including phenoxy) is 1. The van der Waals surface area contributed by atoms with Gasteiger partial charge in [0.25, 0.3) is 0 Å². The molecule has 8 heteroatoms. The maximum Gasteiger partial charge on any atom is 0.306 e. The van der Waals surface area contributed by atoms with E-state index in [1.165, 1.54) is 19.1 Å². The van der Waals surface area contributed by atoms with Crippen molar-refractivity contribution in [1.82, 2.24) is 0 Å². The van der Waals surface area contributed by atoms with Gasteiger partial charge in [-0.05, 0) is 56.3 Å². The monoisotopic (exact) mass is 494 g/mol. The normalized spacial score (nSPS) is 46.3. The topological polar surface area (TPSA) is 101 Å². The minimum atomic E-state index is -2.28. The van der Waals surface area contributed by atoms with Gasteiger partial charge in [-0.15, -0.1) is 0 Å². The van der Waals surface area contributed by atoms with E-state index in [4.69, 9.17) is 4.74 Å². The third-order valence-electron chi connectivity index (χ3n) is 9.74. The van der Waals surface area contributed by atoms with Gasteiger partial charge < -0.3 is 14.9 Å². The Bertz CT molecular complexity index is 992. The summed E-state index contributed by atoms with van der Waals surface area (Å²) in [4.78, 5) is 38.1. The van der Waals surface area contributed by atoms with Crippen LogP contribution in [-0.4, -0.2) is 57.9 Å². The molecule has 4 aliphatic carbocycles. The number of Topliss-reactive ketones (excluding diaryl/α,β-unsaturated/α-hetero) is 1. The van der Waals surface area contributed by atoms with Gasteiger partial charge in [-0.3, -0.25) is 14.4 Å². The molecule has 9 atom stereocenters. The largest absolute Gasteiger partial charge is 0.450 e. The number of carbonyl (C=O) groups is 3. The molecule has 2 N–H and O–H groups in total. The number of ketones is 2. The van der Waals surface area contributed by atoms with Crippen molar-refractivity contribution < 1.29 is 38.1 Å². The molecule has 3 fully saturated rings. The number of fused-ring (bicyclic) bond motifs is 5. The van der Waals surface area contributed by atoms with Gasteiger partial charge in [0.2, 0.25) is 5.78 Å². The van der Waals surface area contributed by atoms with Gasteiger partial charge in [-0.25, -0.2) is 8.78 Å². The van der Waals surface area contributed by atoms with Crippen molar-refractivity contribution in [2.45, 2.75) is 89.8 Å². The van der Waals surface area contributed by atoms with Crippen LogP contribution in [0.5, 0.6) is 0 Å². The van der Waals surface area contributed by atoms with E-state index < -0.39 is 76.3 Å². The second kappa shape index (κ2) is 8.58. The summed E-state index contributed by atoms with van der Waals surface area (Å²) in [6.45, 7) is 6.01. The number of hydrogen-bond acceptors (Lipinski definition) is 6. The van der Waals surface area contributed by atoms with Gasteiger partial charge in [0, 0.05) is 29.1 Å². The Kier molecular flexibility index (Phi) is 6.41. The first kappa shape index (κ1) is 26.1. The lowest BCUT2D eigenvalue weighted by molar-refractivity contribution is -0.231. The molecular formula is C27H36F2O6. The number of carbonyl (C=O) groups excluding carboxylic acids is 3. The van der Waals surface area contributed by atoms with Crippen LogP contribution < -0.4 is 0 Å². The van der Waals surface area contributed by atoms with Crippen molar-refractivity contribution in [2.75, 3.05) is 6.61 Å². The Hall–Kier alpha value is -1.93. The van der Waals surface area contributed by atoms with Crippen LogP contribution in [0, 0.1) is 28.6 Å². The van der Waals surface area contributed by atoms with E-state index in [9.17, 15) is 24.6 Å². The van der Waals surface area contributed by atoms with E-state index in [0.717, 1.165) is 12.5 Å².